The highest BCUT2D eigenvalue weighted by Crippen LogP contribution is 2.13. The number of hydrogen-bond donors (Lipinski definition) is 1. The average molecular weight is 212 g/mol. The van der Waals surface area contributed by atoms with Crippen LogP contribution in [0.3, 0.4) is 0 Å². The van der Waals surface area contributed by atoms with Crippen molar-refractivity contribution in [1.29, 1.82) is 0 Å². The summed E-state index contributed by atoms with van der Waals surface area (Å²) in [6.07, 6.45) is 3.23. The summed E-state index contributed by atoms with van der Waals surface area (Å²) in [6, 6.07) is 18.0. The largest absolute Gasteiger partial charge is 0.508 e. The molecule has 82 valence electrons. The molecule has 0 spiro atoms. The van der Waals surface area contributed by atoms with Crippen LogP contribution in [0.2, 0.25) is 0 Å². The van der Waals surface area contributed by atoms with Crippen molar-refractivity contribution in [3.63, 3.8) is 0 Å². The van der Waals surface area contributed by atoms with Crippen LogP contribution < -0.4 is 0 Å². The average Bonchev–Trinajstić information content (AvgIpc) is 2.30. The van der Waals surface area contributed by atoms with Gasteiger partial charge in [-0.2, -0.15) is 0 Å². The van der Waals surface area contributed by atoms with E-state index in [1.807, 2.05) is 18.2 Å². The van der Waals surface area contributed by atoms with Gasteiger partial charge in [0.15, 0.2) is 0 Å². The Morgan fingerprint density at radius 3 is 2.19 bits per heavy atom. The standard InChI is InChI=1S/C15H16O/c16-15-11-5-10-14(12-15)9-4-8-13-6-2-1-3-7-13/h1-3,5-7,10-12,16H,4,8-9H2. The lowest BCUT2D eigenvalue weighted by Gasteiger charge is -2.02. The summed E-state index contributed by atoms with van der Waals surface area (Å²) in [4.78, 5) is 0. The Morgan fingerprint density at radius 1 is 0.750 bits per heavy atom. The van der Waals surface area contributed by atoms with E-state index in [-0.39, 0.29) is 0 Å². The lowest BCUT2D eigenvalue weighted by Crippen LogP contribution is -1.89. The third kappa shape index (κ3) is 3.13. The van der Waals surface area contributed by atoms with E-state index in [0.717, 1.165) is 19.3 Å². The van der Waals surface area contributed by atoms with Gasteiger partial charge in [-0.15, -0.1) is 0 Å². The van der Waals surface area contributed by atoms with Gasteiger partial charge in [0.1, 0.15) is 5.75 Å². The smallest absolute Gasteiger partial charge is 0.115 e. The summed E-state index contributed by atoms with van der Waals surface area (Å²) in [5.41, 5.74) is 2.58. The molecule has 1 N–H and O–H groups in total. The van der Waals surface area contributed by atoms with Crippen LogP contribution in [-0.2, 0) is 12.8 Å². The highest BCUT2D eigenvalue weighted by molar-refractivity contribution is 5.27. The third-order valence-corrected chi connectivity index (χ3v) is 2.68. The van der Waals surface area contributed by atoms with Gasteiger partial charge in [-0.25, -0.2) is 0 Å². The molecule has 16 heavy (non-hydrogen) atoms. The molecule has 1 nitrogen and oxygen atoms in total. The molecule has 0 atom stereocenters. The molecule has 0 aliphatic carbocycles. The predicted molar refractivity (Wildman–Crippen MR) is 66.6 cm³/mol. The molecule has 0 aliphatic heterocycles. The summed E-state index contributed by atoms with van der Waals surface area (Å²) in [6.45, 7) is 0. The number of aromatic hydroxyl groups is 1. The Labute approximate surface area is 96.4 Å². The van der Waals surface area contributed by atoms with E-state index < -0.39 is 0 Å². The Bertz CT molecular complexity index is 434. The fourth-order valence-corrected chi connectivity index (χ4v) is 1.85. The Kier molecular flexibility index (Phi) is 3.60. The highest BCUT2D eigenvalue weighted by Gasteiger charge is 1.96. The minimum absolute atomic E-state index is 0.359. The first-order valence-corrected chi connectivity index (χ1v) is 5.66. The van der Waals surface area contributed by atoms with E-state index in [4.69, 9.17) is 0 Å². The molecule has 0 radical (unpaired) electrons. The first kappa shape index (κ1) is 10.7. The fraction of sp³-hybridized carbons (Fsp3) is 0.200. The number of phenolic OH excluding ortho intramolecular Hbond substituents is 1. The Hall–Kier alpha value is -1.76. The van der Waals surface area contributed by atoms with Crippen molar-refractivity contribution in [2.24, 2.45) is 0 Å². The molecule has 2 aromatic carbocycles. The molecule has 0 heterocycles. The molecule has 2 rings (SSSR count). The van der Waals surface area contributed by atoms with Crippen LogP contribution in [0.1, 0.15) is 17.5 Å². The maximum absolute atomic E-state index is 9.33. The lowest BCUT2D eigenvalue weighted by atomic mass is 10.0. The monoisotopic (exact) mass is 212 g/mol. The molecule has 0 aliphatic rings. The first-order chi connectivity index (χ1) is 7.84. The van der Waals surface area contributed by atoms with Gasteiger partial charge in [0.2, 0.25) is 0 Å². The second kappa shape index (κ2) is 5.36. The van der Waals surface area contributed by atoms with Crippen LogP contribution in [0.4, 0.5) is 0 Å². The first-order valence-electron chi connectivity index (χ1n) is 5.66. The van der Waals surface area contributed by atoms with Crippen molar-refractivity contribution >= 4 is 0 Å². The zero-order valence-electron chi connectivity index (χ0n) is 9.26. The number of phenols is 1. The predicted octanol–water partition coefficient (Wildman–Crippen LogP) is 3.57. The SMILES string of the molecule is Oc1cccc(CCCc2ccccc2)c1. The summed E-state index contributed by atoms with van der Waals surface area (Å²) >= 11 is 0. The van der Waals surface area contributed by atoms with Gasteiger partial charge in [0.25, 0.3) is 0 Å². The molecule has 0 bridgehead atoms. The minimum atomic E-state index is 0.359. The third-order valence-electron chi connectivity index (χ3n) is 2.68. The maximum Gasteiger partial charge on any atom is 0.115 e. The van der Waals surface area contributed by atoms with Crippen LogP contribution in [0.15, 0.2) is 54.6 Å². The van der Waals surface area contributed by atoms with Crippen LogP contribution in [0, 0.1) is 0 Å². The van der Waals surface area contributed by atoms with Crippen molar-refractivity contribution in [3.05, 3.63) is 65.7 Å². The Morgan fingerprint density at radius 2 is 1.44 bits per heavy atom. The van der Waals surface area contributed by atoms with E-state index in [9.17, 15) is 5.11 Å². The molecule has 0 saturated carbocycles. The molecule has 1 heteroatoms. The zero-order valence-corrected chi connectivity index (χ0v) is 9.26. The van der Waals surface area contributed by atoms with E-state index in [0.29, 0.717) is 5.75 Å². The maximum atomic E-state index is 9.33. The van der Waals surface area contributed by atoms with Gasteiger partial charge < -0.3 is 5.11 Å². The summed E-state index contributed by atoms with van der Waals surface area (Å²) in [5.74, 6) is 0.359. The molecule has 2 aromatic rings. The molecule has 0 saturated heterocycles. The zero-order chi connectivity index (χ0) is 11.2. The van der Waals surface area contributed by atoms with E-state index >= 15 is 0 Å². The van der Waals surface area contributed by atoms with E-state index in [1.165, 1.54) is 11.1 Å². The van der Waals surface area contributed by atoms with Gasteiger partial charge in [-0.1, -0.05) is 42.5 Å². The minimum Gasteiger partial charge on any atom is -0.508 e. The molecule has 0 unspecified atom stereocenters. The number of benzene rings is 2. The second-order valence-corrected chi connectivity index (χ2v) is 4.01. The highest BCUT2D eigenvalue weighted by atomic mass is 16.3. The Balaban J connectivity index is 1.85. The molecule has 0 amide bonds. The fourth-order valence-electron chi connectivity index (χ4n) is 1.85. The van der Waals surface area contributed by atoms with Crippen molar-refractivity contribution in [1.82, 2.24) is 0 Å². The van der Waals surface area contributed by atoms with Crippen molar-refractivity contribution in [2.75, 3.05) is 0 Å². The van der Waals surface area contributed by atoms with Crippen LogP contribution in [0.25, 0.3) is 0 Å². The number of hydrogen-bond acceptors (Lipinski definition) is 1. The van der Waals surface area contributed by atoms with Gasteiger partial charge in [0, 0.05) is 0 Å². The van der Waals surface area contributed by atoms with Gasteiger partial charge >= 0.3 is 0 Å². The summed E-state index contributed by atoms with van der Waals surface area (Å²) in [7, 11) is 0. The van der Waals surface area contributed by atoms with Crippen LogP contribution in [0.5, 0.6) is 5.75 Å². The topological polar surface area (TPSA) is 20.2 Å². The van der Waals surface area contributed by atoms with Crippen molar-refractivity contribution in [3.8, 4) is 5.75 Å². The van der Waals surface area contributed by atoms with Crippen molar-refractivity contribution in [2.45, 2.75) is 19.3 Å². The second-order valence-electron chi connectivity index (χ2n) is 4.01. The summed E-state index contributed by atoms with van der Waals surface area (Å²) < 4.78 is 0. The lowest BCUT2D eigenvalue weighted by molar-refractivity contribution is 0.474. The summed E-state index contributed by atoms with van der Waals surface area (Å²) in [5, 5.41) is 9.33. The number of rotatable bonds is 4. The van der Waals surface area contributed by atoms with Crippen molar-refractivity contribution < 1.29 is 5.11 Å². The molecule has 0 aromatic heterocycles. The molecular weight excluding hydrogens is 196 g/mol. The normalized spacial score (nSPS) is 10.2. The van der Waals surface area contributed by atoms with Gasteiger partial charge in [-0.3, -0.25) is 0 Å². The van der Waals surface area contributed by atoms with E-state index in [1.54, 1.807) is 6.07 Å². The molecular formula is C15H16O. The van der Waals surface area contributed by atoms with E-state index in [2.05, 4.69) is 30.3 Å². The van der Waals surface area contributed by atoms with Gasteiger partial charge in [0.05, 0.1) is 0 Å². The number of aryl methyl sites for hydroxylation is 2. The van der Waals surface area contributed by atoms with Crippen LogP contribution >= 0.6 is 0 Å². The molecule has 0 fully saturated rings. The van der Waals surface area contributed by atoms with Crippen LogP contribution in [-0.4, -0.2) is 5.11 Å². The van der Waals surface area contributed by atoms with Gasteiger partial charge in [-0.05, 0) is 42.5 Å². The quantitative estimate of drug-likeness (QED) is 0.821.